The van der Waals surface area contributed by atoms with Gasteiger partial charge in [-0.1, -0.05) is 74.5 Å². The number of aryl methyl sites for hydroxylation is 1. The number of ether oxygens (including phenoxy) is 1. The number of rotatable bonds is 18. The van der Waals surface area contributed by atoms with Gasteiger partial charge in [-0.3, -0.25) is 14.6 Å². The molecule has 2 aromatic carbocycles. The van der Waals surface area contributed by atoms with Crippen LogP contribution in [0.1, 0.15) is 82.8 Å². The Balaban J connectivity index is 1.88. The lowest BCUT2D eigenvalue weighted by Gasteiger charge is -2.40. The number of nitrogens with zero attached hydrogens (tertiary/aromatic N) is 2. The van der Waals surface area contributed by atoms with Crippen LogP contribution in [0.3, 0.4) is 0 Å². The third-order valence-corrected chi connectivity index (χ3v) is 7.39. The van der Waals surface area contributed by atoms with Gasteiger partial charge in [0.25, 0.3) is 5.91 Å². The van der Waals surface area contributed by atoms with Crippen molar-refractivity contribution in [3.63, 3.8) is 0 Å². The van der Waals surface area contributed by atoms with E-state index in [0.717, 1.165) is 56.9 Å². The summed E-state index contributed by atoms with van der Waals surface area (Å²) in [4.78, 5) is 33.6. The minimum Gasteiger partial charge on any atom is -0.350 e. The second-order valence-electron chi connectivity index (χ2n) is 11.3. The monoisotopic (exact) mass is 566 g/mol. The van der Waals surface area contributed by atoms with Crippen LogP contribution in [0.4, 0.5) is 0 Å². The first kappa shape index (κ1) is 32.7. The lowest BCUT2D eigenvalue weighted by Crippen LogP contribution is -2.57. The fourth-order valence-corrected chi connectivity index (χ4v) is 5.06. The summed E-state index contributed by atoms with van der Waals surface area (Å²) < 4.78 is 5.67. The summed E-state index contributed by atoms with van der Waals surface area (Å²) in [5.41, 5.74) is 10.8. The second-order valence-corrected chi connectivity index (χ2v) is 11.3. The number of nitrogens with one attached hydrogen (secondary N) is 1. The van der Waals surface area contributed by atoms with Crippen LogP contribution in [-0.4, -0.2) is 53.9 Å². The molecule has 1 aliphatic rings. The van der Waals surface area contributed by atoms with E-state index in [1.807, 2.05) is 36.4 Å². The summed E-state index contributed by atoms with van der Waals surface area (Å²) in [5, 5.41) is 3.79. The molecule has 1 aliphatic heterocycles. The van der Waals surface area contributed by atoms with Crippen molar-refractivity contribution in [3.05, 3.63) is 71.8 Å². The van der Waals surface area contributed by atoms with Crippen LogP contribution in [0.15, 0.2) is 60.7 Å². The first-order valence-electron chi connectivity index (χ1n) is 15.4. The standard InChI is InChI=1S/C33H50N4O4/c1-27(2)21-22-31(38)37(36(24-11-10-23-34)26-29-16-7-4-8-17-29)30(19-13-18-28-14-5-3-6-15-28)33(39)35-41-32-20-9-12-25-40-32/h3-8,14-17,27,30,32H,9-13,18-26,34H2,1-2H3,(H,35,39)/t30-,32+/m0/s1. The summed E-state index contributed by atoms with van der Waals surface area (Å²) >= 11 is 0. The maximum Gasteiger partial charge on any atom is 0.268 e. The molecule has 2 amide bonds. The zero-order valence-corrected chi connectivity index (χ0v) is 25.0. The van der Waals surface area contributed by atoms with Crippen molar-refractivity contribution >= 4 is 11.8 Å². The Morgan fingerprint density at radius 2 is 1.68 bits per heavy atom. The van der Waals surface area contributed by atoms with E-state index < -0.39 is 12.3 Å². The van der Waals surface area contributed by atoms with Gasteiger partial charge in [0.1, 0.15) is 6.04 Å². The molecular formula is C33H50N4O4. The van der Waals surface area contributed by atoms with E-state index >= 15 is 0 Å². The molecule has 2 aromatic rings. The second kappa shape index (κ2) is 18.6. The zero-order chi connectivity index (χ0) is 29.3. The van der Waals surface area contributed by atoms with Crippen LogP contribution in [0.2, 0.25) is 0 Å². The van der Waals surface area contributed by atoms with Crippen molar-refractivity contribution in [3.8, 4) is 0 Å². The molecule has 1 fully saturated rings. The number of nitrogens with two attached hydrogens (primary N) is 1. The van der Waals surface area contributed by atoms with Crippen molar-refractivity contribution in [2.45, 2.75) is 96.9 Å². The Labute approximate surface area is 246 Å². The van der Waals surface area contributed by atoms with Gasteiger partial charge < -0.3 is 10.5 Å². The molecule has 0 saturated carbocycles. The SMILES string of the molecule is CC(C)CCC(=O)N([C@@H](CCCc1ccccc1)C(=O)NO[C@@H]1CCCCO1)N(CCCCN)Cc1ccccc1. The van der Waals surface area contributed by atoms with Crippen LogP contribution < -0.4 is 11.2 Å². The van der Waals surface area contributed by atoms with Gasteiger partial charge in [0.05, 0.1) is 0 Å². The zero-order valence-electron chi connectivity index (χ0n) is 25.0. The van der Waals surface area contributed by atoms with Gasteiger partial charge in [-0.15, -0.1) is 0 Å². The fraction of sp³-hybridized carbons (Fsp3) is 0.576. The Bertz CT molecular complexity index is 999. The summed E-state index contributed by atoms with van der Waals surface area (Å²) in [6, 6.07) is 19.6. The number of benzene rings is 2. The highest BCUT2D eigenvalue weighted by Crippen LogP contribution is 2.21. The van der Waals surface area contributed by atoms with Crippen molar-refractivity contribution in [1.82, 2.24) is 15.5 Å². The summed E-state index contributed by atoms with van der Waals surface area (Å²) in [6.07, 6.45) is 7.10. The van der Waals surface area contributed by atoms with Gasteiger partial charge >= 0.3 is 0 Å². The molecule has 0 aromatic heterocycles. The van der Waals surface area contributed by atoms with Crippen molar-refractivity contribution in [2.75, 3.05) is 19.7 Å². The molecule has 226 valence electrons. The molecule has 3 N–H and O–H groups in total. The highest BCUT2D eigenvalue weighted by atomic mass is 16.8. The van der Waals surface area contributed by atoms with Crippen molar-refractivity contribution in [1.29, 1.82) is 0 Å². The average Bonchev–Trinajstić information content (AvgIpc) is 2.99. The summed E-state index contributed by atoms with van der Waals surface area (Å²) in [7, 11) is 0. The largest absolute Gasteiger partial charge is 0.350 e. The van der Waals surface area contributed by atoms with Gasteiger partial charge in [0.15, 0.2) is 6.29 Å². The molecule has 3 rings (SSSR count). The highest BCUT2D eigenvalue weighted by Gasteiger charge is 2.34. The predicted octanol–water partition coefficient (Wildman–Crippen LogP) is 5.37. The van der Waals surface area contributed by atoms with E-state index in [1.165, 1.54) is 5.56 Å². The molecule has 1 saturated heterocycles. The Morgan fingerprint density at radius 1 is 0.976 bits per heavy atom. The maximum absolute atomic E-state index is 14.0. The fourth-order valence-electron chi connectivity index (χ4n) is 5.06. The van der Waals surface area contributed by atoms with Crippen LogP contribution in [0.5, 0.6) is 0 Å². The van der Waals surface area contributed by atoms with Crippen LogP contribution in [0.25, 0.3) is 0 Å². The number of hydrogen-bond donors (Lipinski definition) is 2. The number of hydroxylamine groups is 1. The molecule has 0 unspecified atom stereocenters. The quantitative estimate of drug-likeness (QED) is 0.186. The van der Waals surface area contributed by atoms with E-state index in [2.05, 4.69) is 48.6 Å². The number of hydrogen-bond acceptors (Lipinski definition) is 6. The van der Waals surface area contributed by atoms with E-state index in [9.17, 15) is 9.59 Å². The van der Waals surface area contributed by atoms with E-state index in [-0.39, 0.29) is 11.8 Å². The molecule has 8 nitrogen and oxygen atoms in total. The van der Waals surface area contributed by atoms with Crippen molar-refractivity contribution < 1.29 is 19.2 Å². The molecule has 0 radical (unpaired) electrons. The molecular weight excluding hydrogens is 516 g/mol. The van der Waals surface area contributed by atoms with Crippen molar-refractivity contribution in [2.24, 2.45) is 11.7 Å². The molecule has 0 spiro atoms. The lowest BCUT2D eigenvalue weighted by atomic mass is 10.0. The molecule has 0 bridgehead atoms. The third kappa shape index (κ3) is 11.9. The normalized spacial score (nSPS) is 16.1. The van der Waals surface area contributed by atoms with Gasteiger partial charge in [0, 0.05) is 32.5 Å². The van der Waals surface area contributed by atoms with Gasteiger partial charge in [-0.25, -0.2) is 15.3 Å². The van der Waals surface area contributed by atoms with E-state index in [0.29, 0.717) is 45.0 Å². The average molecular weight is 567 g/mol. The smallest absolute Gasteiger partial charge is 0.268 e. The first-order valence-corrected chi connectivity index (χ1v) is 15.4. The maximum atomic E-state index is 14.0. The van der Waals surface area contributed by atoms with Crippen LogP contribution in [-0.2, 0) is 32.1 Å². The highest BCUT2D eigenvalue weighted by molar-refractivity contribution is 5.86. The number of unbranched alkanes of at least 4 members (excludes halogenated alkanes) is 1. The van der Waals surface area contributed by atoms with E-state index in [1.54, 1.807) is 5.01 Å². The number of amides is 2. The third-order valence-electron chi connectivity index (χ3n) is 7.39. The molecule has 2 atom stereocenters. The Kier molecular flexibility index (Phi) is 14.9. The molecule has 8 heteroatoms. The van der Waals surface area contributed by atoms with Gasteiger partial charge in [-0.2, -0.15) is 0 Å². The minimum absolute atomic E-state index is 0.0452. The Hall–Kier alpha value is -2.78. The lowest BCUT2D eigenvalue weighted by molar-refractivity contribution is -0.206. The molecule has 0 aliphatic carbocycles. The Morgan fingerprint density at radius 3 is 2.32 bits per heavy atom. The minimum atomic E-state index is -0.719. The van der Waals surface area contributed by atoms with Crippen LogP contribution in [0, 0.1) is 5.92 Å². The predicted molar refractivity (Wildman–Crippen MR) is 162 cm³/mol. The van der Waals surface area contributed by atoms with E-state index in [4.69, 9.17) is 15.3 Å². The number of carbonyl (C=O) groups excluding carboxylic acids is 2. The topological polar surface area (TPSA) is 97.1 Å². The number of hydrazine groups is 1. The molecule has 41 heavy (non-hydrogen) atoms. The summed E-state index contributed by atoms with van der Waals surface area (Å²) in [5.74, 6) is 0.0101. The van der Waals surface area contributed by atoms with Gasteiger partial charge in [0.2, 0.25) is 5.91 Å². The first-order chi connectivity index (χ1) is 20.0. The number of carbonyl (C=O) groups is 2. The summed E-state index contributed by atoms with van der Waals surface area (Å²) in [6.45, 7) is 6.57. The van der Waals surface area contributed by atoms with Gasteiger partial charge in [-0.05, 0) is 75.0 Å². The van der Waals surface area contributed by atoms with Crippen LogP contribution >= 0.6 is 0 Å². The molecule has 1 heterocycles.